The highest BCUT2D eigenvalue weighted by Gasteiger charge is 2.46. The molecule has 3 aromatic heterocycles. The van der Waals surface area contributed by atoms with Gasteiger partial charge in [-0.3, -0.25) is 14.2 Å². The summed E-state index contributed by atoms with van der Waals surface area (Å²) in [5, 5.41) is 19.7. The number of nitrogens with one attached hydrogen (secondary N) is 2. The van der Waals surface area contributed by atoms with Crippen molar-refractivity contribution < 1.29 is 19.4 Å². The van der Waals surface area contributed by atoms with E-state index in [4.69, 9.17) is 4.74 Å². The minimum absolute atomic E-state index is 0.0422. The number of amides is 1. The molecule has 3 N–H and O–H groups in total. The average molecular weight is 539 g/mol. The van der Waals surface area contributed by atoms with Crippen LogP contribution in [0, 0.1) is 11.8 Å². The number of aromatic nitrogens is 4. The molecular weight excluding hydrogens is 504 g/mol. The molecule has 1 aliphatic heterocycles. The lowest BCUT2D eigenvalue weighted by molar-refractivity contribution is -0.128. The van der Waals surface area contributed by atoms with E-state index in [2.05, 4.69) is 25.6 Å². The summed E-state index contributed by atoms with van der Waals surface area (Å²) in [6, 6.07) is 3.44. The maximum absolute atomic E-state index is 13.5. The van der Waals surface area contributed by atoms with Crippen LogP contribution in [0.15, 0.2) is 30.2 Å². The summed E-state index contributed by atoms with van der Waals surface area (Å²) in [7, 11) is 0. The molecule has 6 rings (SSSR count). The van der Waals surface area contributed by atoms with Crippen LogP contribution in [0.5, 0.6) is 0 Å². The number of carbonyl (C=O) groups excluding carboxylic acids is 2. The van der Waals surface area contributed by atoms with Crippen molar-refractivity contribution in [3.8, 4) is 0 Å². The van der Waals surface area contributed by atoms with Gasteiger partial charge in [-0.2, -0.15) is 0 Å². The number of thiophene rings is 1. The normalized spacial score (nSPS) is 30.1. The van der Waals surface area contributed by atoms with Gasteiger partial charge in [0.05, 0.1) is 23.4 Å². The summed E-state index contributed by atoms with van der Waals surface area (Å²) in [6.07, 6.45) is 8.73. The fourth-order valence-corrected chi connectivity index (χ4v) is 7.04. The molecule has 10 nitrogen and oxygen atoms in total. The zero-order valence-corrected chi connectivity index (χ0v) is 22.3. The Balaban J connectivity index is 1.18. The van der Waals surface area contributed by atoms with E-state index in [-0.39, 0.29) is 17.6 Å². The molecule has 3 aromatic rings. The van der Waals surface area contributed by atoms with Crippen molar-refractivity contribution in [1.82, 2.24) is 24.8 Å². The topological polar surface area (TPSA) is 131 Å². The Morgan fingerprint density at radius 1 is 1.08 bits per heavy atom. The van der Waals surface area contributed by atoms with Crippen LogP contribution in [0.1, 0.15) is 74.2 Å². The number of carbonyl (C=O) groups is 2. The van der Waals surface area contributed by atoms with Gasteiger partial charge in [-0.25, -0.2) is 15.0 Å². The van der Waals surface area contributed by atoms with Gasteiger partial charge < -0.3 is 20.5 Å². The number of hydrogen-bond acceptors (Lipinski definition) is 9. The molecule has 202 valence electrons. The van der Waals surface area contributed by atoms with Crippen molar-refractivity contribution >= 4 is 40.0 Å². The van der Waals surface area contributed by atoms with E-state index in [1.165, 1.54) is 30.5 Å². The summed E-state index contributed by atoms with van der Waals surface area (Å²) in [6.45, 7) is 1.84. The van der Waals surface area contributed by atoms with Crippen molar-refractivity contribution in [2.75, 3.05) is 5.32 Å². The smallest absolute Gasteiger partial charge is 0.224 e. The quantitative estimate of drug-likeness (QED) is 0.388. The van der Waals surface area contributed by atoms with E-state index in [0.29, 0.717) is 40.7 Å². The molecule has 0 spiro atoms. The highest BCUT2D eigenvalue weighted by molar-refractivity contribution is 7.12. The number of anilines is 1. The van der Waals surface area contributed by atoms with E-state index < -0.39 is 30.4 Å². The third kappa shape index (κ3) is 4.71. The number of nitrogens with zero attached hydrogens (tertiary/aromatic N) is 4. The molecule has 3 fully saturated rings. The van der Waals surface area contributed by atoms with Gasteiger partial charge in [0.1, 0.15) is 12.4 Å². The maximum Gasteiger partial charge on any atom is 0.224 e. The van der Waals surface area contributed by atoms with Crippen molar-refractivity contribution in [3.05, 3.63) is 35.0 Å². The Morgan fingerprint density at radius 3 is 2.61 bits per heavy atom. The SMILES string of the molecule is C[C@H]1O[C@@H](n2cnc3c(NC4CCCC4)ncnc32)[C@H](O)[C@H]1NC(=O)C1CCCC[C@H]1C(=O)c1cccs1. The van der Waals surface area contributed by atoms with Crippen molar-refractivity contribution in [2.24, 2.45) is 11.8 Å². The first-order valence-corrected chi connectivity index (χ1v) is 14.5. The second-order valence-electron chi connectivity index (χ2n) is 10.8. The van der Waals surface area contributed by atoms with E-state index in [1.807, 2.05) is 24.4 Å². The number of rotatable bonds is 7. The molecule has 1 amide bonds. The van der Waals surface area contributed by atoms with Crippen LogP contribution in [0.4, 0.5) is 5.82 Å². The molecule has 1 unspecified atom stereocenters. The first-order chi connectivity index (χ1) is 18.5. The zero-order valence-electron chi connectivity index (χ0n) is 21.5. The zero-order chi connectivity index (χ0) is 26.2. The maximum atomic E-state index is 13.5. The Morgan fingerprint density at radius 2 is 1.84 bits per heavy atom. The van der Waals surface area contributed by atoms with Crippen LogP contribution in [0.3, 0.4) is 0 Å². The van der Waals surface area contributed by atoms with Crippen molar-refractivity contribution in [3.63, 3.8) is 0 Å². The average Bonchev–Trinajstić information content (AvgIpc) is 3.74. The number of ether oxygens (including phenoxy) is 1. The van der Waals surface area contributed by atoms with Crippen LogP contribution in [-0.2, 0) is 9.53 Å². The summed E-state index contributed by atoms with van der Waals surface area (Å²) in [5.41, 5.74) is 1.20. The van der Waals surface area contributed by atoms with Crippen LogP contribution < -0.4 is 10.6 Å². The largest absolute Gasteiger partial charge is 0.386 e. The van der Waals surface area contributed by atoms with Gasteiger partial charge in [0.2, 0.25) is 5.91 Å². The summed E-state index contributed by atoms with van der Waals surface area (Å²) in [5.74, 6) is -0.220. The number of Topliss-reactive ketones (excluding diaryl/α,β-unsaturated/α-hetero) is 1. The second kappa shape index (κ2) is 10.7. The van der Waals surface area contributed by atoms with Crippen molar-refractivity contribution in [1.29, 1.82) is 0 Å². The molecule has 2 saturated carbocycles. The molecule has 11 heteroatoms. The summed E-state index contributed by atoms with van der Waals surface area (Å²) >= 11 is 1.42. The van der Waals surface area contributed by atoms with E-state index in [1.54, 1.807) is 10.9 Å². The Labute approximate surface area is 225 Å². The molecule has 4 heterocycles. The van der Waals surface area contributed by atoms with Crippen molar-refractivity contribution in [2.45, 2.75) is 88.8 Å². The molecule has 0 radical (unpaired) electrons. The standard InChI is InChI=1S/C27H34N6O4S/c1-15-20(32-26(36)18-10-5-4-9-17(18)22(34)19-11-6-12-38-19)23(35)27(37-15)33-14-30-21-24(28-13-29-25(21)33)31-16-7-2-3-8-16/h6,11-18,20,23,27,35H,2-5,7-10H2,1H3,(H,32,36)(H,28,29,31)/t15-,17-,18?,20+,23-,27-/m1/s1. The summed E-state index contributed by atoms with van der Waals surface area (Å²) < 4.78 is 7.86. The Bertz CT molecular complexity index is 1290. The Hall–Kier alpha value is -2.89. The highest BCUT2D eigenvalue weighted by atomic mass is 32.1. The lowest BCUT2D eigenvalue weighted by atomic mass is 9.76. The monoisotopic (exact) mass is 538 g/mol. The van der Waals surface area contributed by atoms with Gasteiger partial charge in [0.25, 0.3) is 0 Å². The molecule has 0 aromatic carbocycles. The van der Waals surface area contributed by atoms with Gasteiger partial charge in [0, 0.05) is 17.9 Å². The molecule has 6 atom stereocenters. The van der Waals surface area contributed by atoms with Gasteiger partial charge >= 0.3 is 0 Å². The molecule has 0 bridgehead atoms. The van der Waals surface area contributed by atoms with E-state index >= 15 is 0 Å². The third-order valence-electron chi connectivity index (χ3n) is 8.36. The van der Waals surface area contributed by atoms with Crippen LogP contribution in [-0.4, -0.2) is 60.6 Å². The van der Waals surface area contributed by atoms with E-state index in [9.17, 15) is 14.7 Å². The number of ketones is 1. The minimum atomic E-state index is -1.01. The highest BCUT2D eigenvalue weighted by Crippen LogP contribution is 2.36. The number of imidazole rings is 1. The molecule has 3 aliphatic rings. The van der Waals surface area contributed by atoms with Crippen LogP contribution in [0.2, 0.25) is 0 Å². The number of fused-ring (bicyclic) bond motifs is 1. The van der Waals surface area contributed by atoms with Gasteiger partial charge in [-0.05, 0) is 44.1 Å². The molecule has 1 saturated heterocycles. The lowest BCUT2D eigenvalue weighted by Gasteiger charge is -2.31. The van der Waals surface area contributed by atoms with Gasteiger partial charge in [-0.1, -0.05) is 31.7 Å². The number of hydrogen-bond donors (Lipinski definition) is 3. The van der Waals surface area contributed by atoms with E-state index in [0.717, 1.165) is 25.7 Å². The predicted molar refractivity (Wildman–Crippen MR) is 143 cm³/mol. The minimum Gasteiger partial charge on any atom is -0.386 e. The number of aliphatic hydroxyl groups is 1. The fraction of sp³-hybridized carbons (Fsp3) is 0.593. The number of aliphatic hydroxyl groups excluding tert-OH is 1. The summed E-state index contributed by atoms with van der Waals surface area (Å²) in [4.78, 5) is 40.7. The van der Waals surface area contributed by atoms with Gasteiger partial charge in [0.15, 0.2) is 29.0 Å². The second-order valence-corrected chi connectivity index (χ2v) is 11.7. The fourth-order valence-electron chi connectivity index (χ4n) is 6.31. The molecule has 2 aliphatic carbocycles. The van der Waals surface area contributed by atoms with Gasteiger partial charge in [-0.15, -0.1) is 11.3 Å². The van der Waals surface area contributed by atoms with Crippen LogP contribution >= 0.6 is 11.3 Å². The first-order valence-electron chi connectivity index (χ1n) is 13.7. The molecule has 38 heavy (non-hydrogen) atoms. The third-order valence-corrected chi connectivity index (χ3v) is 9.25. The predicted octanol–water partition coefficient (Wildman–Crippen LogP) is 3.69. The lowest BCUT2D eigenvalue weighted by Crippen LogP contribution is -2.50. The Kier molecular flexibility index (Phi) is 7.15. The first kappa shape index (κ1) is 25.4. The molecular formula is C27H34N6O4S. The van der Waals surface area contributed by atoms with Crippen LogP contribution in [0.25, 0.3) is 11.2 Å².